The fraction of sp³-hybridized carbons (Fsp3) is 0.625. The Kier molecular flexibility index (Phi) is 5.78. The molecule has 0 amide bonds. The van der Waals surface area contributed by atoms with Crippen LogP contribution in [0.15, 0.2) is 18.2 Å². The molecule has 2 saturated heterocycles. The van der Waals surface area contributed by atoms with Crippen LogP contribution in [0.25, 0.3) is 0 Å². The zero-order valence-corrected chi connectivity index (χ0v) is 14.1. The molecule has 1 N–H and O–H groups in total. The molecule has 0 radical (unpaired) electrons. The molecule has 3 nitrogen and oxygen atoms in total. The largest absolute Gasteiger partial charge is 0.495 e. The third-order valence-corrected chi connectivity index (χ3v) is 5.10. The fourth-order valence-electron chi connectivity index (χ4n) is 3.59. The Morgan fingerprint density at radius 3 is 2.71 bits per heavy atom. The fourth-order valence-corrected chi connectivity index (χ4v) is 3.87. The second kappa shape index (κ2) is 7.19. The van der Waals surface area contributed by atoms with Crippen molar-refractivity contribution in [1.82, 2.24) is 10.2 Å². The lowest BCUT2D eigenvalue weighted by Gasteiger charge is -2.34. The summed E-state index contributed by atoms with van der Waals surface area (Å²) in [5, 5.41) is 4.18. The van der Waals surface area contributed by atoms with Crippen molar-refractivity contribution in [3.05, 3.63) is 28.8 Å². The smallest absolute Gasteiger partial charge is 0.137 e. The first-order valence-electron chi connectivity index (χ1n) is 7.46. The van der Waals surface area contributed by atoms with E-state index in [9.17, 15) is 0 Å². The van der Waals surface area contributed by atoms with Crippen LogP contribution in [0.1, 0.15) is 24.8 Å². The van der Waals surface area contributed by atoms with E-state index in [1.807, 2.05) is 12.1 Å². The van der Waals surface area contributed by atoms with Gasteiger partial charge < -0.3 is 10.1 Å². The highest BCUT2D eigenvalue weighted by Crippen LogP contribution is 2.39. The van der Waals surface area contributed by atoms with Crippen LogP contribution in [0.3, 0.4) is 0 Å². The first-order chi connectivity index (χ1) is 9.71. The topological polar surface area (TPSA) is 24.5 Å². The Morgan fingerprint density at radius 1 is 1.29 bits per heavy atom. The third kappa shape index (κ3) is 3.84. The number of likely N-dealkylation sites (tertiary alicyclic amines) is 1. The lowest BCUT2D eigenvalue weighted by molar-refractivity contribution is 0.194. The number of nitrogens with one attached hydrogen (secondary N) is 1. The Balaban J connectivity index is 0.00000161. The Labute approximate surface area is 138 Å². The quantitative estimate of drug-likeness (QED) is 0.919. The molecule has 2 fully saturated rings. The van der Waals surface area contributed by atoms with Gasteiger partial charge in [0.1, 0.15) is 5.75 Å². The number of hydrogen-bond donors (Lipinski definition) is 1. The minimum Gasteiger partial charge on any atom is -0.495 e. The van der Waals surface area contributed by atoms with E-state index in [-0.39, 0.29) is 12.4 Å². The molecule has 0 aliphatic carbocycles. The van der Waals surface area contributed by atoms with E-state index in [4.69, 9.17) is 16.3 Å². The molecule has 21 heavy (non-hydrogen) atoms. The van der Waals surface area contributed by atoms with Crippen LogP contribution >= 0.6 is 24.0 Å². The van der Waals surface area contributed by atoms with Gasteiger partial charge in [-0.3, -0.25) is 4.90 Å². The van der Waals surface area contributed by atoms with Crippen LogP contribution in [0, 0.1) is 5.41 Å². The van der Waals surface area contributed by atoms with Crippen molar-refractivity contribution in [3.63, 3.8) is 0 Å². The van der Waals surface area contributed by atoms with Crippen molar-refractivity contribution in [1.29, 1.82) is 0 Å². The highest BCUT2D eigenvalue weighted by atomic mass is 35.5. The van der Waals surface area contributed by atoms with Gasteiger partial charge in [0.2, 0.25) is 0 Å². The first-order valence-corrected chi connectivity index (χ1v) is 7.84. The number of piperidine rings is 1. The maximum absolute atomic E-state index is 6.21. The van der Waals surface area contributed by atoms with E-state index in [2.05, 4.69) is 16.3 Å². The minimum atomic E-state index is 0. The summed E-state index contributed by atoms with van der Waals surface area (Å²) >= 11 is 6.21. The summed E-state index contributed by atoms with van der Waals surface area (Å²) in [4.78, 5) is 2.57. The van der Waals surface area contributed by atoms with Gasteiger partial charge in [0, 0.05) is 13.1 Å². The zero-order valence-electron chi connectivity index (χ0n) is 12.5. The van der Waals surface area contributed by atoms with Gasteiger partial charge in [-0.1, -0.05) is 17.7 Å². The molecule has 2 aliphatic heterocycles. The summed E-state index contributed by atoms with van der Waals surface area (Å²) in [6.45, 7) is 5.81. The van der Waals surface area contributed by atoms with Crippen LogP contribution in [0.2, 0.25) is 5.02 Å². The molecule has 3 rings (SSSR count). The molecule has 0 unspecified atom stereocenters. The number of methoxy groups -OCH3 is 1. The molecule has 0 atom stereocenters. The normalized spacial score (nSPS) is 21.2. The second-order valence-electron chi connectivity index (χ2n) is 6.18. The van der Waals surface area contributed by atoms with Gasteiger partial charge in [-0.25, -0.2) is 0 Å². The van der Waals surface area contributed by atoms with Crippen molar-refractivity contribution in [3.8, 4) is 5.75 Å². The van der Waals surface area contributed by atoms with Gasteiger partial charge in [0.05, 0.1) is 12.1 Å². The number of ether oxygens (including phenoxy) is 1. The predicted molar refractivity (Wildman–Crippen MR) is 89.7 cm³/mol. The van der Waals surface area contributed by atoms with Crippen molar-refractivity contribution in [2.75, 3.05) is 33.3 Å². The first kappa shape index (κ1) is 16.9. The van der Waals surface area contributed by atoms with Crippen LogP contribution in [-0.2, 0) is 6.54 Å². The predicted octanol–water partition coefficient (Wildman–Crippen LogP) is 3.35. The highest BCUT2D eigenvalue weighted by Gasteiger charge is 2.38. The molecule has 0 saturated carbocycles. The van der Waals surface area contributed by atoms with Crippen LogP contribution in [0.5, 0.6) is 5.75 Å². The van der Waals surface area contributed by atoms with Gasteiger partial charge in [-0.2, -0.15) is 0 Å². The van der Waals surface area contributed by atoms with E-state index < -0.39 is 0 Å². The van der Waals surface area contributed by atoms with Crippen molar-refractivity contribution in [2.45, 2.75) is 25.8 Å². The molecule has 0 bridgehead atoms. The standard InChI is InChI=1S/C16H23ClN2O.ClH/c1-20-15-3-2-13(10-14(15)17)11-19-9-6-16(12-19)4-7-18-8-5-16;/h2-3,10,18H,4-9,11-12H2,1H3;1H. The van der Waals surface area contributed by atoms with Crippen LogP contribution in [-0.4, -0.2) is 38.2 Å². The van der Waals surface area contributed by atoms with Gasteiger partial charge in [-0.15, -0.1) is 12.4 Å². The zero-order chi connectivity index (χ0) is 14.0. The molecule has 118 valence electrons. The average molecular weight is 331 g/mol. The van der Waals surface area contributed by atoms with Gasteiger partial charge in [-0.05, 0) is 62.0 Å². The Bertz CT molecular complexity index is 475. The summed E-state index contributed by atoms with van der Waals surface area (Å²) in [7, 11) is 1.65. The third-order valence-electron chi connectivity index (χ3n) is 4.80. The number of halogens is 2. The maximum Gasteiger partial charge on any atom is 0.137 e. The molecule has 1 aromatic rings. The van der Waals surface area contributed by atoms with E-state index >= 15 is 0 Å². The monoisotopic (exact) mass is 330 g/mol. The average Bonchev–Trinajstić information content (AvgIpc) is 2.82. The van der Waals surface area contributed by atoms with Gasteiger partial charge in [0.15, 0.2) is 0 Å². The SMILES string of the molecule is COc1ccc(CN2CCC3(CCNCC3)C2)cc1Cl.Cl. The molecule has 5 heteroatoms. The van der Waals surface area contributed by atoms with Gasteiger partial charge >= 0.3 is 0 Å². The molecule has 1 aromatic carbocycles. The highest BCUT2D eigenvalue weighted by molar-refractivity contribution is 6.32. The molecule has 2 heterocycles. The molecule has 2 aliphatic rings. The molecular weight excluding hydrogens is 307 g/mol. The molecule has 1 spiro atoms. The summed E-state index contributed by atoms with van der Waals surface area (Å²) in [6.07, 6.45) is 4.00. The number of rotatable bonds is 3. The van der Waals surface area contributed by atoms with E-state index in [1.54, 1.807) is 7.11 Å². The van der Waals surface area contributed by atoms with Crippen LogP contribution in [0.4, 0.5) is 0 Å². The van der Waals surface area contributed by atoms with Crippen molar-refractivity contribution < 1.29 is 4.74 Å². The second-order valence-corrected chi connectivity index (χ2v) is 6.59. The van der Waals surface area contributed by atoms with Crippen molar-refractivity contribution >= 4 is 24.0 Å². The number of nitrogens with zero attached hydrogens (tertiary/aromatic N) is 1. The summed E-state index contributed by atoms with van der Waals surface area (Å²) in [6, 6.07) is 6.12. The van der Waals surface area contributed by atoms with E-state index in [0.717, 1.165) is 12.3 Å². The lowest BCUT2D eigenvalue weighted by atomic mass is 9.78. The maximum atomic E-state index is 6.21. The number of hydrogen-bond acceptors (Lipinski definition) is 3. The summed E-state index contributed by atoms with van der Waals surface area (Å²) < 4.78 is 5.21. The minimum absolute atomic E-state index is 0. The molecular formula is C16H24Cl2N2O. The Hall–Kier alpha value is -0.480. The molecule has 0 aromatic heterocycles. The van der Waals surface area contributed by atoms with Gasteiger partial charge in [0.25, 0.3) is 0 Å². The van der Waals surface area contributed by atoms with Crippen molar-refractivity contribution in [2.24, 2.45) is 5.41 Å². The summed E-state index contributed by atoms with van der Waals surface area (Å²) in [5.74, 6) is 0.756. The lowest BCUT2D eigenvalue weighted by Crippen LogP contribution is -2.38. The van der Waals surface area contributed by atoms with Crippen LogP contribution < -0.4 is 10.1 Å². The Morgan fingerprint density at radius 2 is 2.05 bits per heavy atom. The number of benzene rings is 1. The van der Waals surface area contributed by atoms with E-state index in [0.29, 0.717) is 10.4 Å². The summed E-state index contributed by atoms with van der Waals surface area (Å²) in [5.41, 5.74) is 1.85. The van der Waals surface area contributed by atoms with E-state index in [1.165, 1.54) is 51.0 Å².